The van der Waals surface area contributed by atoms with Gasteiger partial charge in [0.25, 0.3) is 0 Å². The van der Waals surface area contributed by atoms with Crippen LogP contribution in [0.2, 0.25) is 5.28 Å². The molecule has 0 saturated carbocycles. The first-order valence-corrected chi connectivity index (χ1v) is 6.95. The average Bonchev–Trinajstić information content (AvgIpc) is 2.44. The molecule has 1 aromatic carbocycles. The van der Waals surface area contributed by atoms with Gasteiger partial charge in [-0.05, 0) is 36.6 Å². The number of hydrogen-bond acceptors (Lipinski definition) is 6. The van der Waals surface area contributed by atoms with Crippen LogP contribution in [0.25, 0.3) is 0 Å². The van der Waals surface area contributed by atoms with Crippen LogP contribution in [0.1, 0.15) is 25.0 Å². The van der Waals surface area contributed by atoms with Gasteiger partial charge in [-0.15, -0.1) is 0 Å². The van der Waals surface area contributed by atoms with Crippen molar-refractivity contribution in [2.45, 2.75) is 33.1 Å². The lowest BCUT2D eigenvalue weighted by atomic mass is 10.1. The molecule has 0 aliphatic rings. The minimum atomic E-state index is -0.0395. The Morgan fingerprint density at radius 3 is 2.43 bits per heavy atom. The Balaban J connectivity index is 2.03. The molecule has 0 unspecified atom stereocenters. The number of nitrogens with one attached hydrogen (secondary N) is 1. The highest BCUT2D eigenvalue weighted by molar-refractivity contribution is 6.28. The minimum absolute atomic E-state index is 0.0344. The third kappa shape index (κ3) is 4.84. The zero-order valence-electron chi connectivity index (χ0n) is 11.9. The molecule has 21 heavy (non-hydrogen) atoms. The summed E-state index contributed by atoms with van der Waals surface area (Å²) < 4.78 is 5.40. The number of nitrogens with zero attached hydrogens (tertiary/aromatic N) is 3. The molecule has 112 valence electrons. The molecule has 0 fully saturated rings. The van der Waals surface area contributed by atoms with Gasteiger partial charge in [-0.3, -0.25) is 0 Å². The molecule has 2 aromatic rings. The van der Waals surface area contributed by atoms with E-state index < -0.39 is 0 Å². The molecule has 7 heteroatoms. The molecule has 0 amide bonds. The smallest absolute Gasteiger partial charge is 0.322 e. The van der Waals surface area contributed by atoms with Crippen molar-refractivity contribution in [2.75, 3.05) is 5.32 Å². The number of aliphatic hydroxyl groups excluding tert-OH is 1. The van der Waals surface area contributed by atoms with E-state index in [1.807, 2.05) is 38.1 Å². The maximum absolute atomic E-state index is 9.00. The highest BCUT2D eigenvalue weighted by atomic mass is 35.5. The SMILES string of the molecule is CC(C)Oc1nc(Cl)nc(NCc2ccc(CO)cc2)n1. The number of halogens is 1. The maximum atomic E-state index is 9.00. The largest absolute Gasteiger partial charge is 0.461 e. The number of hydrogen-bond donors (Lipinski definition) is 2. The Bertz CT molecular complexity index is 590. The van der Waals surface area contributed by atoms with Crippen molar-refractivity contribution in [1.29, 1.82) is 0 Å². The van der Waals surface area contributed by atoms with Crippen LogP contribution in [0.4, 0.5) is 5.95 Å². The molecule has 1 heterocycles. The molecule has 0 aliphatic carbocycles. The second-order valence-electron chi connectivity index (χ2n) is 4.71. The van der Waals surface area contributed by atoms with E-state index in [0.29, 0.717) is 12.5 Å². The third-order valence-corrected chi connectivity index (χ3v) is 2.75. The van der Waals surface area contributed by atoms with Crippen molar-refractivity contribution in [3.63, 3.8) is 0 Å². The number of rotatable bonds is 6. The van der Waals surface area contributed by atoms with Crippen LogP contribution < -0.4 is 10.1 Å². The van der Waals surface area contributed by atoms with Crippen LogP contribution in [-0.2, 0) is 13.2 Å². The van der Waals surface area contributed by atoms with Gasteiger partial charge in [0.05, 0.1) is 12.7 Å². The van der Waals surface area contributed by atoms with Crippen molar-refractivity contribution >= 4 is 17.5 Å². The van der Waals surface area contributed by atoms with E-state index in [4.69, 9.17) is 21.4 Å². The first-order valence-electron chi connectivity index (χ1n) is 6.57. The zero-order valence-corrected chi connectivity index (χ0v) is 12.6. The molecule has 0 bridgehead atoms. The van der Waals surface area contributed by atoms with Gasteiger partial charge in [-0.25, -0.2) is 0 Å². The predicted octanol–water partition coefficient (Wildman–Crippen LogP) is 2.42. The lowest BCUT2D eigenvalue weighted by Gasteiger charge is -2.10. The summed E-state index contributed by atoms with van der Waals surface area (Å²) in [5.41, 5.74) is 1.91. The molecule has 0 atom stereocenters. The first-order chi connectivity index (χ1) is 10.1. The van der Waals surface area contributed by atoms with Crippen molar-refractivity contribution in [2.24, 2.45) is 0 Å². The summed E-state index contributed by atoms with van der Waals surface area (Å²) in [6.07, 6.45) is -0.0395. The van der Waals surface area contributed by atoms with Gasteiger partial charge >= 0.3 is 6.01 Å². The van der Waals surface area contributed by atoms with Gasteiger partial charge in [0.15, 0.2) is 0 Å². The predicted molar refractivity (Wildman–Crippen MR) is 80.3 cm³/mol. The van der Waals surface area contributed by atoms with Crippen LogP contribution in [0.3, 0.4) is 0 Å². The van der Waals surface area contributed by atoms with Gasteiger partial charge in [-0.1, -0.05) is 24.3 Å². The molecule has 0 saturated heterocycles. The Morgan fingerprint density at radius 1 is 1.14 bits per heavy atom. The van der Waals surface area contributed by atoms with E-state index in [1.54, 1.807) is 0 Å². The number of ether oxygens (including phenoxy) is 1. The minimum Gasteiger partial charge on any atom is -0.461 e. The van der Waals surface area contributed by atoms with Gasteiger partial charge in [0.2, 0.25) is 11.2 Å². The summed E-state index contributed by atoms with van der Waals surface area (Å²) in [5.74, 6) is 0.358. The number of anilines is 1. The second kappa shape index (κ2) is 7.19. The van der Waals surface area contributed by atoms with Crippen molar-refractivity contribution in [3.05, 3.63) is 40.7 Å². The van der Waals surface area contributed by atoms with Crippen LogP contribution in [-0.4, -0.2) is 26.2 Å². The fraction of sp³-hybridized carbons (Fsp3) is 0.357. The Hall–Kier alpha value is -1.92. The highest BCUT2D eigenvalue weighted by Gasteiger charge is 2.07. The summed E-state index contributed by atoms with van der Waals surface area (Å²) >= 11 is 5.84. The second-order valence-corrected chi connectivity index (χ2v) is 5.04. The van der Waals surface area contributed by atoms with E-state index in [-0.39, 0.29) is 24.0 Å². The lowest BCUT2D eigenvalue weighted by molar-refractivity contribution is 0.222. The molecule has 1 aromatic heterocycles. The normalized spacial score (nSPS) is 10.7. The number of benzene rings is 1. The molecule has 2 N–H and O–H groups in total. The molecule has 0 aliphatic heterocycles. The summed E-state index contributed by atoms with van der Waals surface area (Å²) in [4.78, 5) is 12.0. The topological polar surface area (TPSA) is 80.2 Å². The van der Waals surface area contributed by atoms with Gasteiger partial charge < -0.3 is 15.2 Å². The van der Waals surface area contributed by atoms with E-state index in [9.17, 15) is 0 Å². The molecule has 0 radical (unpaired) electrons. The van der Waals surface area contributed by atoms with Crippen molar-refractivity contribution in [3.8, 4) is 6.01 Å². The Kier molecular flexibility index (Phi) is 5.30. The fourth-order valence-corrected chi connectivity index (χ4v) is 1.77. The molecule has 0 spiro atoms. The molecular formula is C14H17ClN4O2. The summed E-state index contributed by atoms with van der Waals surface area (Å²) in [6, 6.07) is 7.78. The van der Waals surface area contributed by atoms with Crippen molar-refractivity contribution in [1.82, 2.24) is 15.0 Å². The van der Waals surface area contributed by atoms with Gasteiger partial charge in [-0.2, -0.15) is 15.0 Å². The monoisotopic (exact) mass is 308 g/mol. The van der Waals surface area contributed by atoms with Crippen LogP contribution in [0.15, 0.2) is 24.3 Å². The third-order valence-electron chi connectivity index (χ3n) is 2.58. The van der Waals surface area contributed by atoms with Crippen LogP contribution in [0.5, 0.6) is 6.01 Å². The standard InChI is InChI=1S/C14H17ClN4O2/c1-9(2)21-14-18-12(15)17-13(19-14)16-7-10-3-5-11(8-20)6-4-10/h3-6,9,20H,7-8H2,1-2H3,(H,16,17,18,19). The summed E-state index contributed by atoms with van der Waals surface area (Å²) in [5, 5.41) is 12.1. The first kappa shape index (κ1) is 15.5. The highest BCUT2D eigenvalue weighted by Crippen LogP contribution is 2.13. The van der Waals surface area contributed by atoms with Gasteiger partial charge in [0.1, 0.15) is 0 Å². The lowest BCUT2D eigenvalue weighted by Crippen LogP contribution is -2.11. The van der Waals surface area contributed by atoms with Crippen LogP contribution in [0, 0.1) is 0 Å². The van der Waals surface area contributed by atoms with E-state index in [0.717, 1.165) is 11.1 Å². The number of aromatic nitrogens is 3. The fourth-order valence-electron chi connectivity index (χ4n) is 1.62. The zero-order chi connectivity index (χ0) is 15.2. The molecule has 2 rings (SSSR count). The van der Waals surface area contributed by atoms with Crippen molar-refractivity contribution < 1.29 is 9.84 Å². The molecular weight excluding hydrogens is 292 g/mol. The quantitative estimate of drug-likeness (QED) is 0.853. The Morgan fingerprint density at radius 2 is 1.81 bits per heavy atom. The number of aliphatic hydroxyl groups is 1. The Labute approximate surface area is 128 Å². The van der Waals surface area contributed by atoms with Gasteiger partial charge in [0, 0.05) is 6.54 Å². The summed E-state index contributed by atoms with van der Waals surface area (Å²) in [6.45, 7) is 4.33. The molecule has 6 nitrogen and oxygen atoms in total. The van der Waals surface area contributed by atoms with Crippen LogP contribution >= 0.6 is 11.6 Å². The summed E-state index contributed by atoms with van der Waals surface area (Å²) in [7, 11) is 0. The van der Waals surface area contributed by atoms with E-state index in [1.165, 1.54) is 0 Å². The van der Waals surface area contributed by atoms with E-state index in [2.05, 4.69) is 20.3 Å². The van der Waals surface area contributed by atoms with E-state index >= 15 is 0 Å². The average molecular weight is 309 g/mol. The maximum Gasteiger partial charge on any atom is 0.322 e.